The summed E-state index contributed by atoms with van der Waals surface area (Å²) >= 11 is 0. The molecular weight excluding hydrogens is 162 g/mol. The summed E-state index contributed by atoms with van der Waals surface area (Å²) in [4.78, 5) is 4.73. The number of terminal acetylenes is 1. The highest BCUT2D eigenvalue weighted by molar-refractivity contribution is 4.90. The van der Waals surface area contributed by atoms with Crippen molar-refractivity contribution in [1.82, 2.24) is 9.80 Å². The first-order chi connectivity index (χ1) is 6.27. The predicted molar refractivity (Wildman–Crippen MR) is 55.4 cm³/mol. The lowest BCUT2D eigenvalue weighted by Gasteiger charge is -2.36. The molecule has 1 fully saturated rings. The van der Waals surface area contributed by atoms with Gasteiger partial charge in [0, 0.05) is 38.8 Å². The lowest BCUT2D eigenvalue weighted by atomic mass is 10.2. The molecule has 1 aliphatic rings. The summed E-state index contributed by atoms with van der Waals surface area (Å²) in [6.07, 6.45) is 5.25. The molecule has 0 aromatic carbocycles. The zero-order valence-electron chi connectivity index (χ0n) is 8.37. The number of nitrogens with zero attached hydrogens (tertiary/aromatic N) is 2. The fourth-order valence-corrected chi connectivity index (χ4v) is 1.64. The van der Waals surface area contributed by atoms with Crippen LogP contribution < -0.4 is 5.73 Å². The van der Waals surface area contributed by atoms with E-state index in [0.29, 0.717) is 6.04 Å². The molecule has 1 aliphatic heterocycles. The van der Waals surface area contributed by atoms with E-state index < -0.39 is 0 Å². The molecule has 3 heteroatoms. The van der Waals surface area contributed by atoms with E-state index in [1.54, 1.807) is 0 Å². The lowest BCUT2D eigenvalue weighted by Crippen LogP contribution is -2.51. The van der Waals surface area contributed by atoms with Crippen molar-refractivity contribution in [3.05, 3.63) is 0 Å². The van der Waals surface area contributed by atoms with Crippen LogP contribution in [-0.2, 0) is 0 Å². The molecule has 0 saturated carbocycles. The van der Waals surface area contributed by atoms with E-state index in [1.807, 2.05) is 0 Å². The molecule has 3 nitrogen and oxygen atoms in total. The molecule has 1 rings (SSSR count). The first-order valence-corrected chi connectivity index (χ1v) is 4.88. The zero-order valence-corrected chi connectivity index (χ0v) is 8.37. The summed E-state index contributed by atoms with van der Waals surface area (Å²) in [5.41, 5.74) is 5.61. The van der Waals surface area contributed by atoms with E-state index >= 15 is 0 Å². The van der Waals surface area contributed by atoms with Crippen molar-refractivity contribution in [2.24, 2.45) is 5.73 Å². The van der Waals surface area contributed by atoms with Crippen molar-refractivity contribution in [1.29, 1.82) is 0 Å². The van der Waals surface area contributed by atoms with Gasteiger partial charge in [-0.3, -0.25) is 9.80 Å². The van der Waals surface area contributed by atoms with E-state index in [9.17, 15) is 0 Å². The van der Waals surface area contributed by atoms with Gasteiger partial charge in [0.1, 0.15) is 0 Å². The van der Waals surface area contributed by atoms with Gasteiger partial charge in [-0.2, -0.15) is 0 Å². The van der Waals surface area contributed by atoms with Crippen LogP contribution in [0.5, 0.6) is 0 Å². The highest BCUT2D eigenvalue weighted by Crippen LogP contribution is 2.04. The molecule has 0 amide bonds. The Labute approximate surface area is 80.9 Å². The number of hydrogen-bond acceptors (Lipinski definition) is 3. The van der Waals surface area contributed by atoms with Crippen LogP contribution in [0, 0.1) is 12.3 Å². The Morgan fingerprint density at radius 2 is 2.00 bits per heavy atom. The minimum absolute atomic E-state index is 0.507. The van der Waals surface area contributed by atoms with Crippen molar-refractivity contribution in [3.8, 4) is 12.3 Å². The van der Waals surface area contributed by atoms with Gasteiger partial charge in [-0.25, -0.2) is 0 Å². The maximum Gasteiger partial charge on any atom is 0.0599 e. The largest absolute Gasteiger partial charge is 0.329 e. The second-order valence-electron chi connectivity index (χ2n) is 3.60. The van der Waals surface area contributed by atoms with E-state index in [4.69, 9.17) is 12.2 Å². The topological polar surface area (TPSA) is 32.5 Å². The maximum absolute atomic E-state index is 5.61. The van der Waals surface area contributed by atoms with Crippen LogP contribution in [0.1, 0.15) is 6.92 Å². The number of piperazine rings is 1. The number of rotatable bonds is 3. The molecule has 0 aromatic heterocycles. The normalized spacial score (nSPS) is 22.5. The molecule has 0 aromatic rings. The minimum Gasteiger partial charge on any atom is -0.329 e. The van der Waals surface area contributed by atoms with Crippen LogP contribution in [0.2, 0.25) is 0 Å². The highest BCUT2D eigenvalue weighted by atomic mass is 15.3. The van der Waals surface area contributed by atoms with E-state index in [-0.39, 0.29) is 0 Å². The van der Waals surface area contributed by atoms with Crippen molar-refractivity contribution in [2.75, 3.05) is 39.3 Å². The fraction of sp³-hybridized carbons (Fsp3) is 0.800. The standard InChI is InChI=1S/C10H19N3/c1-3-4-12-5-7-13(8-6-12)10(2)9-11/h1,10H,4-9,11H2,2H3. The Hall–Kier alpha value is -0.560. The zero-order chi connectivity index (χ0) is 9.68. The summed E-state index contributed by atoms with van der Waals surface area (Å²) in [5.74, 6) is 2.68. The molecule has 74 valence electrons. The molecule has 1 saturated heterocycles. The Morgan fingerprint density at radius 3 is 2.46 bits per heavy atom. The van der Waals surface area contributed by atoms with Crippen molar-refractivity contribution >= 4 is 0 Å². The Kier molecular flexibility index (Phi) is 4.23. The second-order valence-corrected chi connectivity index (χ2v) is 3.60. The highest BCUT2D eigenvalue weighted by Gasteiger charge is 2.18. The van der Waals surface area contributed by atoms with Gasteiger partial charge in [0.25, 0.3) is 0 Å². The molecule has 2 N–H and O–H groups in total. The van der Waals surface area contributed by atoms with Gasteiger partial charge in [-0.05, 0) is 6.92 Å². The molecule has 1 heterocycles. The Balaban J connectivity index is 2.27. The first kappa shape index (κ1) is 10.5. The van der Waals surface area contributed by atoms with E-state index in [0.717, 1.165) is 39.3 Å². The molecule has 0 radical (unpaired) electrons. The summed E-state index contributed by atoms with van der Waals surface area (Å²) in [5, 5.41) is 0. The van der Waals surface area contributed by atoms with E-state index in [2.05, 4.69) is 22.6 Å². The predicted octanol–water partition coefficient (Wildman–Crippen LogP) is -0.416. The quantitative estimate of drug-likeness (QED) is 0.601. The monoisotopic (exact) mass is 181 g/mol. The minimum atomic E-state index is 0.507. The van der Waals surface area contributed by atoms with Gasteiger partial charge >= 0.3 is 0 Å². The third kappa shape index (κ3) is 3.00. The second kappa shape index (κ2) is 5.23. The van der Waals surface area contributed by atoms with Crippen LogP contribution in [0.15, 0.2) is 0 Å². The fourth-order valence-electron chi connectivity index (χ4n) is 1.64. The lowest BCUT2D eigenvalue weighted by molar-refractivity contribution is 0.114. The third-order valence-corrected chi connectivity index (χ3v) is 2.69. The van der Waals surface area contributed by atoms with Gasteiger partial charge in [0.2, 0.25) is 0 Å². The van der Waals surface area contributed by atoms with Crippen LogP contribution in [0.3, 0.4) is 0 Å². The Bertz CT molecular complexity index is 177. The summed E-state index contributed by atoms with van der Waals surface area (Å²) in [6.45, 7) is 8.06. The first-order valence-electron chi connectivity index (χ1n) is 4.88. The average molecular weight is 181 g/mol. The molecule has 1 unspecified atom stereocenters. The molecule has 0 bridgehead atoms. The van der Waals surface area contributed by atoms with Crippen molar-refractivity contribution in [2.45, 2.75) is 13.0 Å². The van der Waals surface area contributed by atoms with Gasteiger partial charge in [0.15, 0.2) is 0 Å². The molecule has 1 atom stereocenters. The Morgan fingerprint density at radius 1 is 1.38 bits per heavy atom. The average Bonchev–Trinajstić information content (AvgIpc) is 2.18. The molecular formula is C10H19N3. The SMILES string of the molecule is C#CCN1CCN(C(C)CN)CC1. The number of hydrogen-bond donors (Lipinski definition) is 1. The summed E-state index contributed by atoms with van der Waals surface area (Å²) in [6, 6.07) is 0.507. The smallest absolute Gasteiger partial charge is 0.0599 e. The summed E-state index contributed by atoms with van der Waals surface area (Å²) < 4.78 is 0. The van der Waals surface area contributed by atoms with Gasteiger partial charge in [0.05, 0.1) is 6.54 Å². The molecule has 0 spiro atoms. The van der Waals surface area contributed by atoms with E-state index in [1.165, 1.54) is 0 Å². The number of nitrogens with two attached hydrogens (primary N) is 1. The van der Waals surface area contributed by atoms with Crippen molar-refractivity contribution in [3.63, 3.8) is 0 Å². The van der Waals surface area contributed by atoms with Crippen molar-refractivity contribution < 1.29 is 0 Å². The van der Waals surface area contributed by atoms with Gasteiger partial charge < -0.3 is 5.73 Å². The van der Waals surface area contributed by atoms with Gasteiger partial charge in [-0.1, -0.05) is 5.92 Å². The van der Waals surface area contributed by atoms with Crippen LogP contribution in [-0.4, -0.2) is 55.1 Å². The molecule has 13 heavy (non-hydrogen) atoms. The molecule has 0 aliphatic carbocycles. The van der Waals surface area contributed by atoms with Gasteiger partial charge in [-0.15, -0.1) is 6.42 Å². The summed E-state index contributed by atoms with van der Waals surface area (Å²) in [7, 11) is 0. The van der Waals surface area contributed by atoms with Crippen LogP contribution in [0.4, 0.5) is 0 Å². The maximum atomic E-state index is 5.61. The van der Waals surface area contributed by atoms with Crippen LogP contribution in [0.25, 0.3) is 0 Å². The third-order valence-electron chi connectivity index (χ3n) is 2.69. The van der Waals surface area contributed by atoms with Crippen LogP contribution >= 0.6 is 0 Å².